The molecule has 0 radical (unpaired) electrons. The van der Waals surface area contributed by atoms with E-state index in [4.69, 9.17) is 9.79 Å². The predicted octanol–water partition coefficient (Wildman–Crippen LogP) is -2.20. The number of aliphatic hydroxyl groups excluding tert-OH is 3. The van der Waals surface area contributed by atoms with Crippen molar-refractivity contribution in [3.8, 4) is 11.5 Å². The molecule has 1 aromatic rings. The Morgan fingerprint density at radius 2 is 1.88 bits per heavy atom. The number of nitrogens with zero attached hydrogens (tertiary/aromatic N) is 3. The molecule has 15 heteroatoms. The molecular weight excluding hydrogens is 461 g/mol. The number of rotatable bonds is 9. The largest absolute Gasteiger partial charge is 0.469 e. The van der Waals surface area contributed by atoms with Crippen LogP contribution >= 0.6 is 7.82 Å². The molecule has 3 rings (SSSR count). The van der Waals surface area contributed by atoms with Crippen molar-refractivity contribution in [2.75, 3.05) is 13.7 Å². The zero-order valence-electron chi connectivity index (χ0n) is 17.7. The molecule has 1 aromatic carbocycles. The molecule has 7 N–H and O–H groups in total. The van der Waals surface area contributed by atoms with E-state index in [1.165, 1.54) is 4.57 Å². The van der Waals surface area contributed by atoms with Crippen LogP contribution in [-0.2, 0) is 22.2 Å². The van der Waals surface area contributed by atoms with Gasteiger partial charge in [0.25, 0.3) is 5.56 Å². The molecule has 0 unspecified atom stereocenters. The van der Waals surface area contributed by atoms with Gasteiger partial charge in [0.1, 0.15) is 18.3 Å². The Hall–Kier alpha value is -2.55. The second-order valence-electron chi connectivity index (χ2n) is 7.48. The van der Waals surface area contributed by atoms with E-state index in [1.807, 2.05) is 11.9 Å². The summed E-state index contributed by atoms with van der Waals surface area (Å²) in [5.41, 5.74) is 0.580. The minimum atomic E-state index is -4.90. The number of hydrogen-bond acceptors (Lipinski definition) is 10. The molecule has 0 spiro atoms. The summed E-state index contributed by atoms with van der Waals surface area (Å²) in [5.74, 6) is -0.150. The Balaban J connectivity index is 2.10. The number of phosphoric ester groups is 1. The average molecular weight is 485 g/mol. The van der Waals surface area contributed by atoms with Crippen molar-refractivity contribution in [3.05, 3.63) is 44.1 Å². The molecule has 0 saturated heterocycles. The molecule has 33 heavy (non-hydrogen) atoms. The molecule has 2 aliphatic rings. The van der Waals surface area contributed by atoms with Gasteiger partial charge < -0.3 is 35.0 Å². The lowest BCUT2D eigenvalue weighted by Crippen LogP contribution is -2.42. The number of H-pyrrole nitrogens is 1. The first-order valence-corrected chi connectivity index (χ1v) is 11.3. The summed E-state index contributed by atoms with van der Waals surface area (Å²) in [6.07, 6.45) is -5.44. The third-order valence-electron chi connectivity index (χ3n) is 5.01. The second-order valence-corrected chi connectivity index (χ2v) is 8.71. The maximum Gasteiger partial charge on any atom is 0.469 e. The fourth-order valence-corrected chi connectivity index (χ4v) is 3.72. The van der Waals surface area contributed by atoms with Crippen LogP contribution in [0.2, 0.25) is 0 Å². The highest BCUT2D eigenvalue weighted by Gasteiger charge is 2.30. The maximum atomic E-state index is 12.3. The van der Waals surface area contributed by atoms with Gasteiger partial charge in [0, 0.05) is 6.54 Å². The van der Waals surface area contributed by atoms with Gasteiger partial charge in [0.05, 0.1) is 24.2 Å². The second kappa shape index (κ2) is 9.75. The van der Waals surface area contributed by atoms with Crippen LogP contribution in [0.5, 0.6) is 0 Å². The van der Waals surface area contributed by atoms with Gasteiger partial charge in [-0.25, -0.2) is 14.3 Å². The van der Waals surface area contributed by atoms with Crippen LogP contribution in [0, 0.1) is 6.92 Å². The summed E-state index contributed by atoms with van der Waals surface area (Å²) in [6.45, 7) is 0.946. The van der Waals surface area contributed by atoms with Crippen molar-refractivity contribution in [2.45, 2.75) is 38.3 Å². The summed E-state index contributed by atoms with van der Waals surface area (Å²) in [7, 11) is -3.15. The molecule has 2 heterocycles. The standard InChI is InChI=1S/C18H24N5O9P/c1-8-3-10-11(4-9(8)5-19-2)23(16-14(20-10)17(27)22-18(28)21-16)6-12(24)15(26)13(25)7-32-33(29,30)31/h3-4,12-13,15,19,24-26H,5-7H2,1-2H3,(H,22,27,28)(H2,29,30,31)/t12-,13+,15-/m0/s1. The van der Waals surface area contributed by atoms with Crippen molar-refractivity contribution in [3.63, 3.8) is 0 Å². The highest BCUT2D eigenvalue weighted by Crippen LogP contribution is 2.36. The van der Waals surface area contributed by atoms with Crippen molar-refractivity contribution in [1.82, 2.24) is 24.8 Å². The lowest BCUT2D eigenvalue weighted by Gasteiger charge is -2.26. The Morgan fingerprint density at radius 1 is 1.18 bits per heavy atom. The highest BCUT2D eigenvalue weighted by atomic mass is 31.2. The van der Waals surface area contributed by atoms with E-state index in [0.717, 1.165) is 11.1 Å². The fraction of sp³-hybridized carbons (Fsp3) is 0.444. The lowest BCUT2D eigenvalue weighted by atomic mass is 10.1. The van der Waals surface area contributed by atoms with Crippen LogP contribution in [0.15, 0.2) is 21.7 Å². The molecule has 2 aliphatic heterocycles. The molecule has 180 valence electrons. The van der Waals surface area contributed by atoms with Crippen LogP contribution in [0.3, 0.4) is 0 Å². The Morgan fingerprint density at radius 3 is 2.52 bits per heavy atom. The van der Waals surface area contributed by atoms with Crippen molar-refractivity contribution >= 4 is 18.9 Å². The van der Waals surface area contributed by atoms with E-state index in [0.29, 0.717) is 17.6 Å². The first-order valence-electron chi connectivity index (χ1n) is 9.74. The lowest BCUT2D eigenvalue weighted by molar-refractivity contribution is -0.0793. The average Bonchev–Trinajstić information content (AvgIpc) is 2.72. The Bertz CT molecular complexity index is 1290. The Labute approximate surface area is 186 Å². The molecule has 3 atom stereocenters. The Kier molecular flexibility index (Phi) is 7.41. The number of aromatic amines is 1. The van der Waals surface area contributed by atoms with Crippen molar-refractivity contribution < 1.29 is 34.2 Å². The zero-order chi connectivity index (χ0) is 24.5. The van der Waals surface area contributed by atoms with Gasteiger partial charge in [0.2, 0.25) is 0 Å². The van der Waals surface area contributed by atoms with Gasteiger partial charge in [-0.1, -0.05) is 0 Å². The van der Waals surface area contributed by atoms with Gasteiger partial charge in [0.15, 0.2) is 11.5 Å². The predicted molar refractivity (Wildman–Crippen MR) is 115 cm³/mol. The molecule has 14 nitrogen and oxygen atoms in total. The van der Waals surface area contributed by atoms with E-state index in [9.17, 15) is 29.5 Å². The number of aryl methyl sites for hydroxylation is 1. The summed E-state index contributed by atoms with van der Waals surface area (Å²) in [6, 6.07) is 3.45. The van der Waals surface area contributed by atoms with E-state index in [-0.39, 0.29) is 11.5 Å². The number of nitrogens with one attached hydrogen (secondary N) is 2. The maximum absolute atomic E-state index is 12.3. The number of aliphatic hydroxyl groups is 3. The van der Waals surface area contributed by atoms with Gasteiger partial charge in [-0.15, -0.1) is 0 Å². The van der Waals surface area contributed by atoms with Gasteiger partial charge >= 0.3 is 13.5 Å². The number of hydrogen-bond donors (Lipinski definition) is 7. The summed E-state index contributed by atoms with van der Waals surface area (Å²) in [5, 5.41) is 33.8. The third kappa shape index (κ3) is 5.69. The number of benzene rings is 1. The van der Waals surface area contributed by atoms with Crippen LogP contribution in [0.25, 0.3) is 22.6 Å². The number of fused-ring (bicyclic) bond motifs is 2. The van der Waals surface area contributed by atoms with Crippen LogP contribution < -0.4 is 16.6 Å². The SMILES string of the molecule is CNCc1cc2c(cc1C)nc1c(=O)[nH]c(=O)nc-1n2C[C@H](O)[C@H](O)[C@H](O)COP(=O)(O)O. The van der Waals surface area contributed by atoms with Crippen LogP contribution in [0.4, 0.5) is 0 Å². The van der Waals surface area contributed by atoms with Gasteiger partial charge in [-0.2, -0.15) is 4.98 Å². The van der Waals surface area contributed by atoms with E-state index in [2.05, 4.69) is 19.8 Å². The van der Waals surface area contributed by atoms with Crippen LogP contribution in [-0.4, -0.2) is 76.6 Å². The molecule has 0 aliphatic carbocycles. The van der Waals surface area contributed by atoms with E-state index >= 15 is 0 Å². The minimum Gasteiger partial charge on any atom is -0.388 e. The molecule has 0 saturated carbocycles. The van der Waals surface area contributed by atoms with E-state index < -0.39 is 50.5 Å². The molecule has 0 bridgehead atoms. The molecule has 0 fully saturated rings. The van der Waals surface area contributed by atoms with Gasteiger partial charge in [-0.05, 0) is 37.2 Å². The summed E-state index contributed by atoms with van der Waals surface area (Å²) < 4.78 is 16.3. The highest BCUT2D eigenvalue weighted by molar-refractivity contribution is 7.46. The van der Waals surface area contributed by atoms with Crippen molar-refractivity contribution in [1.29, 1.82) is 0 Å². The number of aromatic nitrogens is 4. The first kappa shape index (κ1) is 25.1. The minimum absolute atomic E-state index is 0.150. The summed E-state index contributed by atoms with van der Waals surface area (Å²) >= 11 is 0. The third-order valence-corrected chi connectivity index (χ3v) is 5.49. The zero-order valence-corrected chi connectivity index (χ0v) is 18.6. The molecule has 0 amide bonds. The molecular formula is C18H24N5O9P. The van der Waals surface area contributed by atoms with Crippen LogP contribution in [0.1, 0.15) is 11.1 Å². The monoisotopic (exact) mass is 485 g/mol. The number of phosphoric acid groups is 1. The smallest absolute Gasteiger partial charge is 0.388 e. The van der Waals surface area contributed by atoms with Gasteiger partial charge in [-0.3, -0.25) is 14.3 Å². The first-order chi connectivity index (χ1) is 15.4. The van der Waals surface area contributed by atoms with Crippen molar-refractivity contribution in [2.24, 2.45) is 0 Å². The molecule has 0 aromatic heterocycles. The topological polar surface area (TPSA) is 220 Å². The fourth-order valence-electron chi connectivity index (χ4n) is 3.38. The normalized spacial score (nSPS) is 15.1. The quantitative estimate of drug-likeness (QED) is 0.127. The summed E-state index contributed by atoms with van der Waals surface area (Å²) in [4.78, 5) is 51.8. The van der Waals surface area contributed by atoms with E-state index in [1.54, 1.807) is 19.2 Å².